The van der Waals surface area contributed by atoms with Gasteiger partial charge in [0.05, 0.1) is 12.6 Å². The van der Waals surface area contributed by atoms with E-state index in [9.17, 15) is 5.26 Å². The topological polar surface area (TPSA) is 31.4 Å². The highest BCUT2D eigenvalue weighted by Gasteiger charge is 2.39. The summed E-state index contributed by atoms with van der Waals surface area (Å²) in [4.78, 5) is 7.96. The van der Waals surface area contributed by atoms with Crippen LogP contribution in [0.15, 0.2) is 84.6 Å². The number of hydrogen-bond acceptors (Lipinski definition) is 3. The third-order valence-corrected chi connectivity index (χ3v) is 11.2. The van der Waals surface area contributed by atoms with E-state index in [2.05, 4.69) is 137 Å². The van der Waals surface area contributed by atoms with Gasteiger partial charge in [-0.15, -0.1) is 11.3 Å². The van der Waals surface area contributed by atoms with Crippen LogP contribution in [0.2, 0.25) is 0 Å². The number of anilines is 3. The van der Waals surface area contributed by atoms with Crippen LogP contribution in [-0.2, 0) is 10.8 Å². The summed E-state index contributed by atoms with van der Waals surface area (Å²) < 4.78 is 0. The molecule has 45 heavy (non-hydrogen) atoms. The molecule has 0 atom stereocenters. The number of thiophene rings is 1. The predicted octanol–water partition coefficient (Wildman–Crippen LogP) is 11.5. The smallest absolute Gasteiger partial charge is 0.263 e. The van der Waals surface area contributed by atoms with Crippen LogP contribution in [0.4, 0.5) is 17.1 Å². The van der Waals surface area contributed by atoms with Crippen LogP contribution in [0, 0.1) is 38.7 Å². The monoisotopic (exact) mass is 601 g/mol. The van der Waals surface area contributed by atoms with Crippen molar-refractivity contribution in [3.63, 3.8) is 0 Å². The molecular weight excluding hydrogens is 567 g/mol. The lowest BCUT2D eigenvalue weighted by Crippen LogP contribution is -2.18. The second kappa shape index (κ2) is 10.1. The Morgan fingerprint density at radius 3 is 1.96 bits per heavy atom. The first-order chi connectivity index (χ1) is 21.4. The van der Waals surface area contributed by atoms with E-state index in [1.807, 2.05) is 6.07 Å². The Labute approximate surface area is 270 Å². The molecular formula is C41H35N3S. The average molecular weight is 602 g/mol. The molecule has 0 spiro atoms. The molecule has 0 radical (unpaired) electrons. The Hall–Kier alpha value is -4.90. The van der Waals surface area contributed by atoms with Gasteiger partial charge in [-0.05, 0) is 125 Å². The zero-order valence-electron chi connectivity index (χ0n) is 26.8. The summed E-state index contributed by atoms with van der Waals surface area (Å²) >= 11 is 1.66. The van der Waals surface area contributed by atoms with E-state index in [-0.39, 0.29) is 16.5 Å². The van der Waals surface area contributed by atoms with Crippen LogP contribution in [0.25, 0.3) is 32.5 Å². The molecule has 0 N–H and O–H groups in total. The fraction of sp³-hybridized carbons (Fsp3) is 0.220. The highest BCUT2D eigenvalue weighted by Crippen LogP contribution is 2.55. The van der Waals surface area contributed by atoms with Crippen molar-refractivity contribution in [3.05, 3.63) is 140 Å². The molecule has 0 bridgehead atoms. The number of nitriles is 1. The molecule has 2 aliphatic rings. The maximum absolute atomic E-state index is 9.31. The van der Waals surface area contributed by atoms with E-state index in [1.165, 1.54) is 60.5 Å². The minimum Gasteiger partial charge on any atom is -0.310 e. The van der Waals surface area contributed by atoms with Crippen molar-refractivity contribution in [1.82, 2.24) is 0 Å². The van der Waals surface area contributed by atoms with Crippen LogP contribution in [0.1, 0.15) is 71.5 Å². The van der Waals surface area contributed by atoms with Crippen LogP contribution in [0.3, 0.4) is 0 Å². The van der Waals surface area contributed by atoms with Gasteiger partial charge < -0.3 is 4.90 Å². The highest BCUT2D eigenvalue weighted by molar-refractivity contribution is 7.16. The van der Waals surface area contributed by atoms with E-state index in [4.69, 9.17) is 6.57 Å². The van der Waals surface area contributed by atoms with Crippen molar-refractivity contribution in [1.29, 1.82) is 5.26 Å². The number of rotatable bonds is 4. The van der Waals surface area contributed by atoms with Crippen LogP contribution >= 0.6 is 11.3 Å². The first-order valence-electron chi connectivity index (χ1n) is 15.4. The number of fused-ring (bicyclic) bond motifs is 6. The molecule has 7 rings (SSSR count). The minimum absolute atomic E-state index is 0.0915. The van der Waals surface area contributed by atoms with Crippen molar-refractivity contribution in [2.45, 2.75) is 59.3 Å². The fourth-order valence-electron chi connectivity index (χ4n) is 7.32. The number of benzene rings is 4. The van der Waals surface area contributed by atoms with Gasteiger partial charge in [-0.1, -0.05) is 64.1 Å². The largest absolute Gasteiger partial charge is 0.310 e. The molecule has 1 aromatic heterocycles. The molecule has 0 unspecified atom stereocenters. The zero-order chi connectivity index (χ0) is 31.8. The summed E-state index contributed by atoms with van der Waals surface area (Å²) in [5.41, 5.74) is 16.3. The molecule has 1 heterocycles. The summed E-state index contributed by atoms with van der Waals surface area (Å²) in [6.45, 7) is 23.1. The summed E-state index contributed by atoms with van der Waals surface area (Å²) in [5, 5.41) is 9.31. The summed E-state index contributed by atoms with van der Waals surface area (Å²) in [6, 6.07) is 31.5. The maximum Gasteiger partial charge on any atom is 0.263 e. The Balaban J connectivity index is 1.40. The maximum atomic E-state index is 9.31. The van der Waals surface area contributed by atoms with E-state index >= 15 is 0 Å². The molecule has 5 aromatic rings. The molecule has 0 saturated heterocycles. The van der Waals surface area contributed by atoms with Gasteiger partial charge in [0.2, 0.25) is 0 Å². The number of allylic oxidation sites excluding steroid dienone is 1. The first kappa shape index (κ1) is 28.8. The molecule has 0 amide bonds. The van der Waals surface area contributed by atoms with E-state index in [0.717, 1.165) is 21.9 Å². The molecule has 2 aliphatic carbocycles. The predicted molar refractivity (Wildman–Crippen MR) is 189 cm³/mol. The summed E-state index contributed by atoms with van der Waals surface area (Å²) in [6.07, 6.45) is 1.71. The minimum atomic E-state index is -0.222. The lowest BCUT2D eigenvalue weighted by Gasteiger charge is -2.30. The molecule has 0 saturated carbocycles. The van der Waals surface area contributed by atoms with Gasteiger partial charge in [0, 0.05) is 37.6 Å². The molecule has 3 nitrogen and oxygen atoms in total. The number of aryl methyl sites for hydroxylation is 2. The van der Waals surface area contributed by atoms with Gasteiger partial charge in [-0.3, -0.25) is 0 Å². The van der Waals surface area contributed by atoms with Crippen molar-refractivity contribution in [3.8, 4) is 27.6 Å². The molecule has 0 aliphatic heterocycles. The molecule has 4 aromatic carbocycles. The number of hydrogen-bond donors (Lipinski definition) is 0. The lowest BCUT2D eigenvalue weighted by atomic mass is 9.82. The molecule has 220 valence electrons. The first-order valence-corrected chi connectivity index (χ1v) is 16.2. The SMILES string of the molecule is [C-]#[N+]/C(C#N)=C\c1cc2c(s1)-c1ccc(N(c3cc(C)c(C)c(C)c3)c3ccc4c(c3)C(C)(C)c3ccccc3-4)cc1C2(C)C. The Kier molecular flexibility index (Phi) is 6.45. The van der Waals surface area contributed by atoms with Gasteiger partial charge in [0.15, 0.2) is 0 Å². The third kappa shape index (κ3) is 4.28. The van der Waals surface area contributed by atoms with E-state index in [1.54, 1.807) is 17.4 Å². The van der Waals surface area contributed by atoms with Crippen molar-refractivity contribution < 1.29 is 0 Å². The standard InChI is InChI=1S/C41H35N3S/c1-24-17-30(18-25(2)26(24)3)44(28-13-15-33-32-11-9-10-12-35(32)40(4,5)36(33)20-28)29-14-16-34-37(21-29)41(6,7)38-22-31(45-39(34)38)19-27(23-42)43-8/h9-22H,1-7H3/b27-19-. The second-order valence-electron chi connectivity index (χ2n) is 13.4. The van der Waals surface area contributed by atoms with Crippen LogP contribution < -0.4 is 4.90 Å². The molecule has 0 fully saturated rings. The van der Waals surface area contributed by atoms with Gasteiger partial charge in [0.1, 0.15) is 0 Å². The van der Waals surface area contributed by atoms with Gasteiger partial charge in [0.25, 0.3) is 5.70 Å². The highest BCUT2D eigenvalue weighted by atomic mass is 32.1. The zero-order valence-corrected chi connectivity index (χ0v) is 27.6. The van der Waals surface area contributed by atoms with Crippen molar-refractivity contribution in [2.24, 2.45) is 0 Å². The average Bonchev–Trinajstić information content (AvgIpc) is 3.62. The Bertz CT molecular complexity index is 2140. The lowest BCUT2D eigenvalue weighted by molar-refractivity contribution is 0.660. The van der Waals surface area contributed by atoms with Gasteiger partial charge >= 0.3 is 0 Å². The van der Waals surface area contributed by atoms with E-state index in [0.29, 0.717) is 0 Å². The van der Waals surface area contributed by atoms with Gasteiger partial charge in [-0.25, -0.2) is 10.1 Å². The Morgan fingerprint density at radius 1 is 0.733 bits per heavy atom. The summed E-state index contributed by atoms with van der Waals surface area (Å²) in [5.74, 6) is 0. The third-order valence-electron chi connectivity index (χ3n) is 10.1. The van der Waals surface area contributed by atoms with Gasteiger partial charge in [-0.2, -0.15) is 0 Å². The second-order valence-corrected chi connectivity index (χ2v) is 14.5. The molecule has 4 heteroatoms. The quantitative estimate of drug-likeness (QED) is 0.152. The van der Waals surface area contributed by atoms with Crippen molar-refractivity contribution >= 4 is 34.5 Å². The van der Waals surface area contributed by atoms with Crippen LogP contribution in [-0.4, -0.2) is 0 Å². The summed E-state index contributed by atoms with van der Waals surface area (Å²) in [7, 11) is 0. The van der Waals surface area contributed by atoms with E-state index < -0.39 is 0 Å². The normalized spacial score (nSPS) is 15.0. The Morgan fingerprint density at radius 2 is 1.31 bits per heavy atom. The van der Waals surface area contributed by atoms with Crippen LogP contribution in [0.5, 0.6) is 0 Å². The van der Waals surface area contributed by atoms with Crippen molar-refractivity contribution in [2.75, 3.05) is 4.90 Å². The fourth-order valence-corrected chi connectivity index (χ4v) is 8.62. The number of nitrogens with zero attached hydrogens (tertiary/aromatic N) is 3.